The van der Waals surface area contributed by atoms with Gasteiger partial charge < -0.3 is 37.8 Å². The molecular formula is C59H63N3O10. The van der Waals surface area contributed by atoms with Crippen molar-refractivity contribution < 1.29 is 47.3 Å². The number of likely N-dealkylation sites (tertiary alicyclic amines) is 1. The highest BCUT2D eigenvalue weighted by molar-refractivity contribution is 5.76. The molecule has 1 saturated heterocycles. The van der Waals surface area contributed by atoms with Gasteiger partial charge in [-0.15, -0.1) is 0 Å². The maximum Gasteiger partial charge on any atom is 0.415 e. The van der Waals surface area contributed by atoms with E-state index in [1.807, 2.05) is 117 Å². The lowest BCUT2D eigenvalue weighted by Crippen LogP contribution is -2.32. The zero-order valence-electron chi connectivity index (χ0n) is 41.2. The number of benzene rings is 5. The maximum absolute atomic E-state index is 12.6. The number of carbonyl (C=O) groups excluding carboxylic acids is 2. The summed E-state index contributed by atoms with van der Waals surface area (Å²) in [6.45, 7) is 5.38. The third kappa shape index (κ3) is 13.8. The number of ether oxygens (including phenoxy) is 4. The van der Waals surface area contributed by atoms with Crippen LogP contribution in [0.4, 0.5) is 4.79 Å². The number of rotatable bonds is 19. The van der Waals surface area contributed by atoms with E-state index >= 15 is 0 Å². The average molecular weight is 974 g/mol. The molecule has 9 rings (SSSR count). The summed E-state index contributed by atoms with van der Waals surface area (Å²) >= 11 is 0. The molecule has 1 N–H and O–H groups in total. The summed E-state index contributed by atoms with van der Waals surface area (Å²) in [5.74, 6) is 3.75. The molecule has 13 heteroatoms. The van der Waals surface area contributed by atoms with Crippen molar-refractivity contribution in [3.05, 3.63) is 174 Å². The van der Waals surface area contributed by atoms with Crippen molar-refractivity contribution in [3.63, 3.8) is 0 Å². The van der Waals surface area contributed by atoms with Gasteiger partial charge in [0.1, 0.15) is 28.8 Å². The van der Waals surface area contributed by atoms with Gasteiger partial charge in [-0.3, -0.25) is 9.59 Å². The van der Waals surface area contributed by atoms with Gasteiger partial charge in [0.15, 0.2) is 0 Å². The molecule has 7 aromatic rings. The smallest absolute Gasteiger partial charge is 0.415 e. The molecule has 13 nitrogen and oxygen atoms in total. The summed E-state index contributed by atoms with van der Waals surface area (Å²) < 4.78 is 33.9. The van der Waals surface area contributed by atoms with E-state index < -0.39 is 18.0 Å². The van der Waals surface area contributed by atoms with E-state index in [4.69, 9.17) is 27.8 Å². The molecule has 2 aromatic heterocycles. The van der Waals surface area contributed by atoms with E-state index in [1.54, 1.807) is 24.3 Å². The van der Waals surface area contributed by atoms with Gasteiger partial charge in [-0.25, -0.2) is 14.8 Å². The van der Waals surface area contributed by atoms with Crippen LogP contribution < -0.4 is 14.2 Å². The fourth-order valence-electron chi connectivity index (χ4n) is 9.56. The van der Waals surface area contributed by atoms with Crippen LogP contribution in [0.1, 0.15) is 66.1 Å². The van der Waals surface area contributed by atoms with Gasteiger partial charge in [0.25, 0.3) is 0 Å². The SMILES string of the molecule is COC(=O)[C@@H]1CCC[C@H]1CCc1ccc(OCCc2nc(-c3ccccc3)oc2C)cc1.Cc1oc(-c2ccccc2)nc1CCOc1ccc(CC[C@@H]2CN(C(=O)Oc3ccccc3)C[C@H]2C(=O)O)cc1. The Morgan fingerprint density at radius 3 is 1.56 bits per heavy atom. The number of aromatic nitrogens is 2. The van der Waals surface area contributed by atoms with Crippen molar-refractivity contribution in [2.24, 2.45) is 23.7 Å². The molecule has 2 fully saturated rings. The van der Waals surface area contributed by atoms with Gasteiger partial charge in [-0.05, 0) is 136 Å². The lowest BCUT2D eigenvalue weighted by atomic mass is 9.90. The van der Waals surface area contributed by atoms with Crippen molar-refractivity contribution in [2.45, 2.75) is 71.6 Å². The Kier molecular flexibility index (Phi) is 17.6. The van der Waals surface area contributed by atoms with Crippen LogP contribution in [0, 0.1) is 37.5 Å². The third-order valence-corrected chi connectivity index (χ3v) is 13.6. The van der Waals surface area contributed by atoms with Crippen LogP contribution in [0.25, 0.3) is 22.9 Å². The second-order valence-corrected chi connectivity index (χ2v) is 18.4. The lowest BCUT2D eigenvalue weighted by molar-refractivity contribution is -0.146. The molecule has 1 aliphatic heterocycles. The first-order valence-corrected chi connectivity index (χ1v) is 24.9. The molecule has 0 bridgehead atoms. The monoisotopic (exact) mass is 973 g/mol. The van der Waals surface area contributed by atoms with Crippen molar-refractivity contribution in [2.75, 3.05) is 33.4 Å². The summed E-state index contributed by atoms with van der Waals surface area (Å²) in [6, 6.07) is 44.7. The Hall–Kier alpha value is -7.67. The molecule has 1 amide bonds. The highest BCUT2D eigenvalue weighted by Crippen LogP contribution is 2.36. The Morgan fingerprint density at radius 2 is 1.07 bits per heavy atom. The van der Waals surface area contributed by atoms with Crippen LogP contribution >= 0.6 is 0 Å². The van der Waals surface area contributed by atoms with Crippen LogP contribution in [0.3, 0.4) is 0 Å². The first-order valence-electron chi connectivity index (χ1n) is 24.9. The zero-order valence-corrected chi connectivity index (χ0v) is 41.2. The van der Waals surface area contributed by atoms with Crippen LogP contribution in [0.5, 0.6) is 17.2 Å². The van der Waals surface area contributed by atoms with Crippen LogP contribution in [0.15, 0.2) is 148 Å². The van der Waals surface area contributed by atoms with Crippen LogP contribution in [0.2, 0.25) is 0 Å². The van der Waals surface area contributed by atoms with E-state index in [0.29, 0.717) is 68.9 Å². The molecule has 1 saturated carbocycles. The number of oxazole rings is 2. The van der Waals surface area contributed by atoms with Gasteiger partial charge in [-0.2, -0.15) is 0 Å². The minimum Gasteiger partial charge on any atom is -0.493 e. The summed E-state index contributed by atoms with van der Waals surface area (Å²) in [4.78, 5) is 47.2. The number of hydrogen-bond acceptors (Lipinski definition) is 11. The van der Waals surface area contributed by atoms with E-state index in [9.17, 15) is 19.5 Å². The lowest BCUT2D eigenvalue weighted by Gasteiger charge is -2.17. The quantitative estimate of drug-likeness (QED) is 0.0764. The number of aryl methyl sites for hydroxylation is 4. The average Bonchev–Trinajstić information content (AvgIpc) is 4.23. The minimum absolute atomic E-state index is 0.0468. The number of nitrogens with zero attached hydrogens (tertiary/aromatic N) is 3. The number of hydrogen-bond donors (Lipinski definition) is 1. The van der Waals surface area contributed by atoms with Crippen LogP contribution in [-0.4, -0.2) is 71.4 Å². The minimum atomic E-state index is -0.887. The molecule has 5 aromatic carbocycles. The highest BCUT2D eigenvalue weighted by Gasteiger charge is 2.40. The van der Waals surface area contributed by atoms with Crippen molar-refractivity contribution in [1.82, 2.24) is 14.9 Å². The van der Waals surface area contributed by atoms with Gasteiger partial charge >= 0.3 is 18.0 Å². The predicted octanol–water partition coefficient (Wildman–Crippen LogP) is 11.8. The number of carboxylic acid groups (broad SMARTS) is 1. The second kappa shape index (κ2) is 24.9. The number of methoxy groups -OCH3 is 1. The summed E-state index contributed by atoms with van der Waals surface area (Å²) in [7, 11) is 1.49. The van der Waals surface area contributed by atoms with E-state index in [-0.39, 0.29) is 24.3 Å². The first kappa shape index (κ1) is 50.7. The molecule has 4 atom stereocenters. The van der Waals surface area contributed by atoms with Gasteiger partial charge in [-0.1, -0.05) is 85.3 Å². The number of amides is 1. The predicted molar refractivity (Wildman–Crippen MR) is 273 cm³/mol. The number of aliphatic carboxylic acids is 1. The second-order valence-electron chi connectivity index (χ2n) is 18.4. The molecule has 2 aliphatic rings. The number of carbonyl (C=O) groups is 3. The number of esters is 1. The fourth-order valence-corrected chi connectivity index (χ4v) is 9.56. The number of carboxylic acids is 1. The topological polar surface area (TPSA) is 164 Å². The Morgan fingerprint density at radius 1 is 0.583 bits per heavy atom. The highest BCUT2D eigenvalue weighted by atomic mass is 16.6. The van der Waals surface area contributed by atoms with Crippen molar-refractivity contribution in [3.8, 4) is 40.2 Å². The van der Waals surface area contributed by atoms with Gasteiger partial charge in [0.2, 0.25) is 11.8 Å². The molecule has 1 aliphatic carbocycles. The van der Waals surface area contributed by atoms with Gasteiger partial charge in [0.05, 0.1) is 43.5 Å². The van der Waals surface area contributed by atoms with E-state index in [1.165, 1.54) is 17.6 Å². The summed E-state index contributed by atoms with van der Waals surface area (Å²) in [6.07, 6.45) is 7.36. The van der Waals surface area contributed by atoms with Gasteiger partial charge in [0, 0.05) is 37.1 Å². The largest absolute Gasteiger partial charge is 0.493 e. The first-order chi connectivity index (χ1) is 35.1. The Balaban J connectivity index is 0.000000197. The van der Waals surface area contributed by atoms with Crippen LogP contribution in [-0.2, 0) is 40.0 Å². The fraction of sp³-hybridized carbons (Fsp3) is 0.339. The zero-order chi connectivity index (χ0) is 50.2. The standard InChI is InChI=1S/C32H32N2O6.C27H31NO4/c1-22-29(33-30(39-22)24-8-4-2-5-9-24)18-19-38-26-16-13-23(14-17-26)12-15-25-20-34(21-28(25)31(35)36)32(37)40-27-10-6-3-7-11-27;1-19-25(28-26(32-19)22-7-4-3-5-8-22)17-18-31-23-15-12-20(13-16-23)11-14-21-9-6-10-24(21)27(29)30-2/h2-11,13-14,16-17,25,28H,12,15,18-21H2,1H3,(H,35,36);3-5,7-8,12-13,15-16,21,24H,6,9-11,14,17-18H2,1-2H3/t25-,28-;21-,24+/m10/s1. The molecule has 0 spiro atoms. The molecule has 0 unspecified atom stereocenters. The van der Waals surface area contributed by atoms with E-state index in [0.717, 1.165) is 83.2 Å². The van der Waals surface area contributed by atoms with E-state index in [2.05, 4.69) is 22.1 Å². The van der Waals surface area contributed by atoms with Crippen molar-refractivity contribution in [1.29, 1.82) is 0 Å². The molecule has 72 heavy (non-hydrogen) atoms. The maximum atomic E-state index is 12.6. The Bertz CT molecular complexity index is 2810. The summed E-state index contributed by atoms with van der Waals surface area (Å²) in [5.41, 5.74) is 6.09. The number of para-hydroxylation sites is 1. The van der Waals surface area contributed by atoms with Crippen molar-refractivity contribution >= 4 is 18.0 Å². The summed E-state index contributed by atoms with van der Waals surface area (Å²) in [5, 5.41) is 9.74. The Labute approximate surface area is 421 Å². The normalized spacial score (nSPS) is 17.2. The third-order valence-electron chi connectivity index (χ3n) is 13.6. The molecule has 0 radical (unpaired) electrons. The molecule has 374 valence electrons. The molecule has 3 heterocycles. The molecular weight excluding hydrogens is 911 g/mol.